The smallest absolute Gasteiger partial charge is 0.248 e. The van der Waals surface area contributed by atoms with Crippen LogP contribution >= 0.6 is 0 Å². The second-order valence-electron chi connectivity index (χ2n) is 5.33. The first kappa shape index (κ1) is 14.7. The van der Waals surface area contributed by atoms with Crippen LogP contribution in [0, 0.1) is 0 Å². The van der Waals surface area contributed by atoms with Gasteiger partial charge in [0, 0.05) is 33.0 Å². The van der Waals surface area contributed by atoms with Gasteiger partial charge in [-0.3, -0.25) is 4.79 Å². The first-order valence-electron chi connectivity index (χ1n) is 7.41. The number of carbonyl (C=O) groups is 1. The van der Waals surface area contributed by atoms with Crippen LogP contribution in [0.15, 0.2) is 30.5 Å². The molecule has 0 saturated carbocycles. The van der Waals surface area contributed by atoms with Crippen LogP contribution in [0.3, 0.4) is 0 Å². The van der Waals surface area contributed by atoms with Crippen molar-refractivity contribution in [3.63, 3.8) is 0 Å². The van der Waals surface area contributed by atoms with Crippen molar-refractivity contribution in [3.8, 4) is 5.88 Å². The van der Waals surface area contributed by atoms with Crippen LogP contribution in [0.5, 0.6) is 5.88 Å². The summed E-state index contributed by atoms with van der Waals surface area (Å²) in [5, 5.41) is 0. The molecule has 6 nitrogen and oxygen atoms in total. The van der Waals surface area contributed by atoms with Gasteiger partial charge >= 0.3 is 0 Å². The van der Waals surface area contributed by atoms with Crippen molar-refractivity contribution < 1.29 is 14.3 Å². The number of likely N-dealkylation sites (tertiary alicyclic amines) is 1. The molecular weight excluding hydrogens is 282 g/mol. The Morgan fingerprint density at radius 3 is 2.73 bits per heavy atom. The quantitative estimate of drug-likeness (QED) is 0.859. The van der Waals surface area contributed by atoms with E-state index in [4.69, 9.17) is 9.47 Å². The van der Waals surface area contributed by atoms with E-state index in [1.54, 1.807) is 6.20 Å². The Kier molecular flexibility index (Phi) is 4.48. The summed E-state index contributed by atoms with van der Waals surface area (Å²) in [4.78, 5) is 22.4. The van der Waals surface area contributed by atoms with Gasteiger partial charge in [-0.05, 0) is 12.1 Å². The number of carbonyl (C=O) groups excluding carboxylic acids is 1. The molecule has 3 rings (SSSR count). The Morgan fingerprint density at radius 1 is 1.27 bits per heavy atom. The van der Waals surface area contributed by atoms with Gasteiger partial charge in [-0.2, -0.15) is 0 Å². The fourth-order valence-electron chi connectivity index (χ4n) is 2.61. The van der Waals surface area contributed by atoms with Crippen molar-refractivity contribution in [1.82, 2.24) is 14.9 Å². The van der Waals surface area contributed by atoms with E-state index in [2.05, 4.69) is 9.97 Å². The number of piperidine rings is 1. The highest BCUT2D eigenvalue weighted by molar-refractivity contribution is 5.77. The molecule has 2 heterocycles. The van der Waals surface area contributed by atoms with E-state index < -0.39 is 0 Å². The van der Waals surface area contributed by atoms with Gasteiger partial charge in [-0.15, -0.1) is 0 Å². The predicted octanol–water partition coefficient (Wildman–Crippen LogP) is 1.65. The van der Waals surface area contributed by atoms with E-state index in [0.29, 0.717) is 19.0 Å². The standard InChI is InChI=1S/C16H19N3O3/c1-21-11-16(20)19-8-6-12(7-9-19)22-15-10-17-13-4-2-3-5-14(13)18-15/h2-5,10,12H,6-9,11H2,1H3. The molecule has 0 spiro atoms. The van der Waals surface area contributed by atoms with Crippen LogP contribution < -0.4 is 4.74 Å². The Hall–Kier alpha value is -2.21. The van der Waals surface area contributed by atoms with Crippen molar-refractivity contribution in [2.45, 2.75) is 18.9 Å². The molecule has 0 unspecified atom stereocenters. The van der Waals surface area contributed by atoms with E-state index in [9.17, 15) is 4.79 Å². The SMILES string of the molecule is COCC(=O)N1CCC(Oc2cnc3ccccc3n2)CC1. The largest absolute Gasteiger partial charge is 0.473 e. The van der Waals surface area contributed by atoms with Crippen LogP contribution in [0.25, 0.3) is 11.0 Å². The van der Waals surface area contributed by atoms with Crippen molar-refractivity contribution in [2.75, 3.05) is 26.8 Å². The molecule has 1 saturated heterocycles. The molecule has 0 radical (unpaired) electrons. The molecule has 1 amide bonds. The lowest BCUT2D eigenvalue weighted by Gasteiger charge is -2.31. The van der Waals surface area contributed by atoms with Crippen LogP contribution in [0.1, 0.15) is 12.8 Å². The molecule has 22 heavy (non-hydrogen) atoms. The monoisotopic (exact) mass is 301 g/mol. The van der Waals surface area contributed by atoms with Crippen molar-refractivity contribution in [2.24, 2.45) is 0 Å². The minimum absolute atomic E-state index is 0.0337. The molecule has 1 aromatic heterocycles. The second-order valence-corrected chi connectivity index (χ2v) is 5.33. The highest BCUT2D eigenvalue weighted by Crippen LogP contribution is 2.19. The third-order valence-electron chi connectivity index (χ3n) is 3.78. The highest BCUT2D eigenvalue weighted by Gasteiger charge is 2.24. The molecule has 0 aliphatic carbocycles. The van der Waals surface area contributed by atoms with Gasteiger partial charge in [-0.25, -0.2) is 9.97 Å². The first-order chi connectivity index (χ1) is 10.8. The normalized spacial score (nSPS) is 16.0. The van der Waals surface area contributed by atoms with E-state index in [-0.39, 0.29) is 18.6 Å². The number of benzene rings is 1. The van der Waals surface area contributed by atoms with Crippen LogP contribution in [-0.4, -0.2) is 53.7 Å². The molecular formula is C16H19N3O3. The lowest BCUT2D eigenvalue weighted by Crippen LogP contribution is -2.43. The van der Waals surface area contributed by atoms with Gasteiger partial charge in [-0.1, -0.05) is 12.1 Å². The fourth-order valence-corrected chi connectivity index (χ4v) is 2.61. The van der Waals surface area contributed by atoms with Gasteiger partial charge in [0.2, 0.25) is 11.8 Å². The number of ether oxygens (including phenoxy) is 2. The fraction of sp³-hybridized carbons (Fsp3) is 0.438. The zero-order valence-electron chi connectivity index (χ0n) is 12.6. The number of fused-ring (bicyclic) bond motifs is 1. The minimum atomic E-state index is 0.0337. The van der Waals surface area contributed by atoms with E-state index >= 15 is 0 Å². The summed E-state index contributed by atoms with van der Waals surface area (Å²) in [7, 11) is 1.53. The Labute approximate surface area is 129 Å². The van der Waals surface area contributed by atoms with E-state index in [1.807, 2.05) is 29.2 Å². The van der Waals surface area contributed by atoms with Gasteiger partial charge in [0.05, 0.1) is 17.2 Å². The maximum Gasteiger partial charge on any atom is 0.248 e. The molecule has 1 aliphatic heterocycles. The summed E-state index contributed by atoms with van der Waals surface area (Å²) in [5.41, 5.74) is 1.68. The summed E-state index contributed by atoms with van der Waals surface area (Å²) in [6, 6.07) is 7.71. The third kappa shape index (κ3) is 3.33. The number of amides is 1. The average Bonchev–Trinajstić information content (AvgIpc) is 2.56. The van der Waals surface area contributed by atoms with Crippen molar-refractivity contribution >= 4 is 16.9 Å². The predicted molar refractivity (Wildman–Crippen MR) is 81.6 cm³/mol. The Balaban J connectivity index is 1.58. The third-order valence-corrected chi connectivity index (χ3v) is 3.78. The Bertz CT molecular complexity index is 654. The molecule has 0 N–H and O–H groups in total. The highest BCUT2D eigenvalue weighted by atomic mass is 16.5. The molecule has 2 aromatic rings. The molecule has 0 atom stereocenters. The topological polar surface area (TPSA) is 64.5 Å². The Morgan fingerprint density at radius 2 is 2.00 bits per heavy atom. The molecule has 6 heteroatoms. The maximum absolute atomic E-state index is 11.7. The first-order valence-corrected chi connectivity index (χ1v) is 7.41. The number of hydrogen-bond acceptors (Lipinski definition) is 5. The van der Waals surface area contributed by atoms with E-state index in [1.165, 1.54) is 7.11 Å². The number of methoxy groups -OCH3 is 1. The summed E-state index contributed by atoms with van der Waals surface area (Å²) < 4.78 is 10.8. The average molecular weight is 301 g/mol. The van der Waals surface area contributed by atoms with E-state index in [0.717, 1.165) is 23.9 Å². The van der Waals surface area contributed by atoms with Gasteiger partial charge in [0.25, 0.3) is 0 Å². The van der Waals surface area contributed by atoms with Crippen LogP contribution in [-0.2, 0) is 9.53 Å². The number of aromatic nitrogens is 2. The molecule has 116 valence electrons. The second kappa shape index (κ2) is 6.70. The lowest BCUT2D eigenvalue weighted by atomic mass is 10.1. The zero-order valence-corrected chi connectivity index (χ0v) is 12.6. The van der Waals surface area contributed by atoms with Gasteiger partial charge < -0.3 is 14.4 Å². The number of rotatable bonds is 4. The molecule has 0 bridgehead atoms. The molecule has 1 fully saturated rings. The summed E-state index contributed by atoms with van der Waals surface area (Å²) in [6.07, 6.45) is 3.32. The van der Waals surface area contributed by atoms with Crippen LogP contribution in [0.4, 0.5) is 0 Å². The minimum Gasteiger partial charge on any atom is -0.473 e. The van der Waals surface area contributed by atoms with Gasteiger partial charge in [0.15, 0.2) is 0 Å². The number of para-hydroxylation sites is 2. The maximum atomic E-state index is 11.7. The molecule has 1 aliphatic rings. The number of nitrogens with zero attached hydrogens (tertiary/aromatic N) is 3. The summed E-state index contributed by atoms with van der Waals surface area (Å²) in [6.45, 7) is 1.52. The summed E-state index contributed by atoms with van der Waals surface area (Å²) >= 11 is 0. The number of hydrogen-bond donors (Lipinski definition) is 0. The zero-order chi connectivity index (χ0) is 15.4. The summed E-state index contributed by atoms with van der Waals surface area (Å²) in [5.74, 6) is 0.576. The lowest BCUT2D eigenvalue weighted by molar-refractivity contribution is -0.136. The molecule has 1 aromatic carbocycles. The van der Waals surface area contributed by atoms with Gasteiger partial charge in [0.1, 0.15) is 12.7 Å². The van der Waals surface area contributed by atoms with Crippen LogP contribution in [0.2, 0.25) is 0 Å². The van der Waals surface area contributed by atoms with Crippen molar-refractivity contribution in [1.29, 1.82) is 0 Å². The van der Waals surface area contributed by atoms with Crippen molar-refractivity contribution in [3.05, 3.63) is 30.5 Å².